The lowest BCUT2D eigenvalue weighted by Crippen LogP contribution is -2.17. The molecule has 6 heteroatoms. The number of hydrogen-bond acceptors (Lipinski definition) is 4. The number of non-ortho nitro benzene ring substituents is 1. The number of hydrogen-bond donors (Lipinski definition) is 1. The fourth-order valence-corrected chi connectivity index (χ4v) is 3.10. The Kier molecular flexibility index (Phi) is 4.55. The van der Waals surface area contributed by atoms with Gasteiger partial charge in [-0.25, -0.2) is 0 Å². The maximum absolute atomic E-state index is 10.7. The van der Waals surface area contributed by atoms with E-state index >= 15 is 0 Å². The van der Waals surface area contributed by atoms with Crippen LogP contribution in [-0.4, -0.2) is 11.0 Å². The smallest absolute Gasteiger partial charge is 0.270 e. The minimum Gasteiger partial charge on any atom is -0.381 e. The molecule has 4 nitrogen and oxygen atoms in total. The van der Waals surface area contributed by atoms with Crippen molar-refractivity contribution in [2.75, 3.05) is 5.32 Å². The molecule has 0 amide bonds. The zero-order valence-electron chi connectivity index (χ0n) is 10.3. The Bertz CT molecular complexity index is 572. The van der Waals surface area contributed by atoms with Crippen molar-refractivity contribution in [2.24, 2.45) is 0 Å². The standard InChI is InChI=1S/C13H13BrN2O2S/c1-9(7-11-3-2-6-19-11)15-13-5-4-10(16(17)18)8-12(13)14/h2-6,8-9,15H,7H2,1H3. The van der Waals surface area contributed by atoms with Gasteiger partial charge in [-0.2, -0.15) is 0 Å². The number of nitrogens with zero attached hydrogens (tertiary/aromatic N) is 1. The number of thiophene rings is 1. The van der Waals surface area contributed by atoms with Crippen LogP contribution in [0.1, 0.15) is 11.8 Å². The van der Waals surface area contributed by atoms with Crippen LogP contribution in [0.2, 0.25) is 0 Å². The average molecular weight is 341 g/mol. The number of nitro groups is 1. The SMILES string of the molecule is CC(Cc1cccs1)Nc1ccc([N+](=O)[O-])cc1Br. The molecule has 0 aliphatic carbocycles. The first-order valence-electron chi connectivity index (χ1n) is 5.79. The highest BCUT2D eigenvalue weighted by Crippen LogP contribution is 2.28. The van der Waals surface area contributed by atoms with Crippen molar-refractivity contribution < 1.29 is 4.92 Å². The van der Waals surface area contributed by atoms with Crippen molar-refractivity contribution in [1.82, 2.24) is 0 Å². The maximum Gasteiger partial charge on any atom is 0.270 e. The van der Waals surface area contributed by atoms with Gasteiger partial charge in [0.1, 0.15) is 0 Å². The van der Waals surface area contributed by atoms with E-state index in [1.165, 1.54) is 17.0 Å². The van der Waals surface area contributed by atoms with E-state index in [1.54, 1.807) is 17.4 Å². The maximum atomic E-state index is 10.7. The third-order valence-electron chi connectivity index (χ3n) is 2.65. The van der Waals surface area contributed by atoms with Crippen molar-refractivity contribution in [3.05, 3.63) is 55.2 Å². The summed E-state index contributed by atoms with van der Waals surface area (Å²) in [5.74, 6) is 0. The highest BCUT2D eigenvalue weighted by Gasteiger charge is 2.11. The highest BCUT2D eigenvalue weighted by molar-refractivity contribution is 9.10. The summed E-state index contributed by atoms with van der Waals surface area (Å²) in [6.07, 6.45) is 0.932. The molecule has 100 valence electrons. The summed E-state index contributed by atoms with van der Waals surface area (Å²) in [6.45, 7) is 2.09. The Balaban J connectivity index is 2.04. The fraction of sp³-hybridized carbons (Fsp3) is 0.231. The number of benzene rings is 1. The van der Waals surface area contributed by atoms with E-state index in [1.807, 2.05) is 6.07 Å². The molecule has 0 saturated carbocycles. The normalized spacial score (nSPS) is 12.1. The molecule has 1 unspecified atom stereocenters. The second-order valence-corrected chi connectivity index (χ2v) is 6.14. The van der Waals surface area contributed by atoms with Gasteiger partial charge in [0.25, 0.3) is 5.69 Å². The molecule has 1 atom stereocenters. The van der Waals surface area contributed by atoms with Crippen LogP contribution in [0.5, 0.6) is 0 Å². The molecule has 0 radical (unpaired) electrons. The Morgan fingerprint density at radius 1 is 1.47 bits per heavy atom. The number of halogens is 1. The van der Waals surface area contributed by atoms with Crippen molar-refractivity contribution in [3.63, 3.8) is 0 Å². The molecule has 0 aliphatic rings. The molecule has 1 aromatic carbocycles. The predicted octanol–water partition coefficient (Wildman–Crippen LogP) is 4.46. The first-order chi connectivity index (χ1) is 9.06. The minimum atomic E-state index is -0.399. The van der Waals surface area contributed by atoms with Gasteiger partial charge in [-0.15, -0.1) is 11.3 Å². The monoisotopic (exact) mass is 340 g/mol. The van der Waals surface area contributed by atoms with Crippen LogP contribution in [-0.2, 0) is 6.42 Å². The second-order valence-electron chi connectivity index (χ2n) is 4.25. The predicted molar refractivity (Wildman–Crippen MR) is 81.9 cm³/mol. The Hall–Kier alpha value is -1.40. The van der Waals surface area contributed by atoms with Gasteiger partial charge in [-0.3, -0.25) is 10.1 Å². The second kappa shape index (κ2) is 6.16. The quantitative estimate of drug-likeness (QED) is 0.645. The van der Waals surface area contributed by atoms with E-state index in [2.05, 4.69) is 39.6 Å². The van der Waals surface area contributed by atoms with Crippen molar-refractivity contribution in [3.8, 4) is 0 Å². The van der Waals surface area contributed by atoms with Crippen LogP contribution < -0.4 is 5.32 Å². The third-order valence-corrected chi connectivity index (χ3v) is 4.21. The van der Waals surface area contributed by atoms with E-state index in [0.717, 1.165) is 12.1 Å². The summed E-state index contributed by atoms with van der Waals surface area (Å²) in [7, 11) is 0. The van der Waals surface area contributed by atoms with Crippen LogP contribution in [0.3, 0.4) is 0 Å². The van der Waals surface area contributed by atoms with Gasteiger partial charge in [-0.1, -0.05) is 6.07 Å². The molecule has 0 bridgehead atoms. The van der Waals surface area contributed by atoms with Crippen molar-refractivity contribution in [2.45, 2.75) is 19.4 Å². The first kappa shape index (κ1) is 14.0. The molecule has 2 aromatic rings. The average Bonchev–Trinajstić information content (AvgIpc) is 2.84. The number of nitrogens with one attached hydrogen (secondary N) is 1. The molecule has 0 spiro atoms. The summed E-state index contributed by atoms with van der Waals surface area (Å²) >= 11 is 5.09. The third kappa shape index (κ3) is 3.78. The molecular weight excluding hydrogens is 328 g/mol. The molecule has 0 fully saturated rings. The summed E-state index contributed by atoms with van der Waals surface area (Å²) in [5, 5.41) is 16.1. The van der Waals surface area contributed by atoms with Crippen LogP contribution in [0.4, 0.5) is 11.4 Å². The van der Waals surface area contributed by atoms with E-state index in [0.29, 0.717) is 4.47 Å². The lowest BCUT2D eigenvalue weighted by atomic mass is 10.2. The van der Waals surface area contributed by atoms with E-state index in [9.17, 15) is 10.1 Å². The van der Waals surface area contributed by atoms with Gasteiger partial charge >= 0.3 is 0 Å². The summed E-state index contributed by atoms with van der Waals surface area (Å²) in [6, 6.07) is 9.15. The molecule has 1 N–H and O–H groups in total. The van der Waals surface area contributed by atoms with Crippen molar-refractivity contribution in [1.29, 1.82) is 0 Å². The molecule has 2 rings (SSSR count). The number of rotatable bonds is 5. The number of anilines is 1. The van der Waals surface area contributed by atoms with E-state index in [4.69, 9.17) is 0 Å². The molecule has 0 aliphatic heterocycles. The van der Waals surface area contributed by atoms with Gasteiger partial charge in [0.05, 0.1) is 4.92 Å². The first-order valence-corrected chi connectivity index (χ1v) is 7.46. The molecular formula is C13H13BrN2O2S. The van der Waals surface area contributed by atoms with Gasteiger partial charge in [0.15, 0.2) is 0 Å². The molecule has 19 heavy (non-hydrogen) atoms. The Morgan fingerprint density at radius 3 is 2.84 bits per heavy atom. The summed E-state index contributed by atoms with van der Waals surface area (Å²) in [5.41, 5.74) is 0.956. The topological polar surface area (TPSA) is 55.2 Å². The number of nitro benzene ring substituents is 1. The van der Waals surface area contributed by atoms with Crippen molar-refractivity contribution >= 4 is 38.6 Å². The zero-order chi connectivity index (χ0) is 13.8. The summed E-state index contributed by atoms with van der Waals surface area (Å²) in [4.78, 5) is 11.6. The molecule has 1 heterocycles. The lowest BCUT2D eigenvalue weighted by Gasteiger charge is -2.15. The Labute approximate surface area is 123 Å². The van der Waals surface area contributed by atoms with Crippen LogP contribution in [0.15, 0.2) is 40.2 Å². The van der Waals surface area contributed by atoms with Gasteiger partial charge < -0.3 is 5.32 Å². The molecule has 1 aromatic heterocycles. The zero-order valence-corrected chi connectivity index (χ0v) is 12.7. The van der Waals surface area contributed by atoms with Crippen LogP contribution in [0, 0.1) is 10.1 Å². The van der Waals surface area contributed by atoms with Gasteiger partial charge in [0, 0.05) is 39.6 Å². The lowest BCUT2D eigenvalue weighted by molar-refractivity contribution is -0.384. The largest absolute Gasteiger partial charge is 0.381 e. The summed E-state index contributed by atoms with van der Waals surface area (Å²) < 4.78 is 0.708. The Morgan fingerprint density at radius 2 is 2.26 bits per heavy atom. The van der Waals surface area contributed by atoms with Gasteiger partial charge in [0.2, 0.25) is 0 Å². The highest BCUT2D eigenvalue weighted by atomic mass is 79.9. The molecule has 0 saturated heterocycles. The van der Waals surface area contributed by atoms with E-state index < -0.39 is 4.92 Å². The minimum absolute atomic E-state index is 0.0864. The van der Waals surface area contributed by atoms with E-state index in [-0.39, 0.29) is 11.7 Å². The van der Waals surface area contributed by atoms with Crippen LogP contribution >= 0.6 is 27.3 Å². The fourth-order valence-electron chi connectivity index (χ4n) is 1.78. The van der Waals surface area contributed by atoms with Gasteiger partial charge in [-0.05, 0) is 40.4 Å². The van der Waals surface area contributed by atoms with Crippen LogP contribution in [0.25, 0.3) is 0 Å².